The predicted octanol–water partition coefficient (Wildman–Crippen LogP) is -1.57. The molecule has 1 aromatic rings. The number of hydrogen-bond acceptors (Lipinski definition) is 12. The van der Waals surface area contributed by atoms with Crippen molar-refractivity contribution in [1.29, 1.82) is 0 Å². The largest absolute Gasteiger partial charge is 0.507 e. The van der Waals surface area contributed by atoms with Crippen molar-refractivity contribution in [3.8, 4) is 5.75 Å². The Morgan fingerprint density at radius 3 is 2.18 bits per heavy atom. The van der Waals surface area contributed by atoms with Crippen LogP contribution < -0.4 is 21.7 Å². The monoisotopic (exact) mass is 710 g/mol. The van der Waals surface area contributed by atoms with E-state index < -0.39 is 84.5 Å². The highest BCUT2D eigenvalue weighted by Crippen LogP contribution is 2.28. The normalized spacial score (nSPS) is 18.2. The molecule has 0 spiro atoms. The number of aliphatic hydroxyl groups excluding tert-OH is 4. The summed E-state index contributed by atoms with van der Waals surface area (Å²) in [6, 6.07) is -2.35. The van der Waals surface area contributed by atoms with Gasteiger partial charge in [-0.1, -0.05) is 12.6 Å². The number of likely N-dealkylation sites (N-methyl/N-ethyl adjacent to an activating group) is 1. The van der Waals surface area contributed by atoms with Crippen molar-refractivity contribution < 1.29 is 49.5 Å². The molecule has 10 N–H and O–H groups in total. The van der Waals surface area contributed by atoms with Crippen molar-refractivity contribution in [1.82, 2.24) is 25.8 Å². The number of nitrogens with one attached hydrogen (secondary N) is 3. The number of primary amides is 1. The van der Waals surface area contributed by atoms with Gasteiger partial charge in [-0.05, 0) is 51.3 Å². The van der Waals surface area contributed by atoms with E-state index in [4.69, 9.17) is 5.73 Å². The molecule has 0 bridgehead atoms. The van der Waals surface area contributed by atoms with Crippen molar-refractivity contribution in [2.75, 3.05) is 20.1 Å². The first kappa shape index (κ1) is 42.9. The second-order valence-electron chi connectivity index (χ2n) is 11.6. The molecule has 8 atom stereocenters. The fourth-order valence-corrected chi connectivity index (χ4v) is 5.30. The zero-order chi connectivity index (χ0) is 37.7. The van der Waals surface area contributed by atoms with Crippen LogP contribution in [-0.4, -0.2) is 127 Å². The standard InChI is InChI=1S/C30H46N6O10S.C2H4/c1-6-35(5)29(45)23(19(39)13-21(31)40)33-28(44)24(26(42)25(41)16-9-10-18(38)20(47)12-16)34-27(43)17-8-7-11-36(17)30(46)22(15(4)37)32-14(2)3;1-2/h9-10,12,15,17,19,22-26,32,37-39,41-42,47H,2,6-8,11,13H2,1,3-5H3,(H2,31,40)(H,33,44)(H,34,43);1-2H2/t15-,17?,19-,22?,23?,24?,25+,26+;/m1./s1. The number of benzene rings is 1. The summed E-state index contributed by atoms with van der Waals surface area (Å²) in [4.78, 5) is 67.9. The van der Waals surface area contributed by atoms with Crippen molar-refractivity contribution in [3.63, 3.8) is 0 Å². The van der Waals surface area contributed by atoms with Crippen LogP contribution in [0.2, 0.25) is 0 Å². The predicted molar refractivity (Wildman–Crippen MR) is 183 cm³/mol. The average Bonchev–Trinajstić information content (AvgIpc) is 3.55. The molecule has 5 amide bonds. The molecule has 49 heavy (non-hydrogen) atoms. The lowest BCUT2D eigenvalue weighted by atomic mass is 9.96. The van der Waals surface area contributed by atoms with Gasteiger partial charge >= 0.3 is 0 Å². The molecule has 1 aliphatic rings. The number of allylic oxidation sites excluding steroid dienone is 1. The van der Waals surface area contributed by atoms with E-state index in [2.05, 4.69) is 48.3 Å². The number of aromatic hydroxyl groups is 1. The number of carbonyl (C=O) groups excluding carboxylic acids is 5. The molecule has 1 saturated heterocycles. The van der Waals surface area contributed by atoms with Gasteiger partial charge in [0.25, 0.3) is 0 Å². The Kier molecular flexibility index (Phi) is 17.3. The van der Waals surface area contributed by atoms with E-state index in [0.717, 1.165) is 4.90 Å². The minimum absolute atomic E-state index is 0.00256. The number of likely N-dealkylation sites (tertiary alicyclic amines) is 1. The summed E-state index contributed by atoms with van der Waals surface area (Å²) in [7, 11) is 1.38. The fraction of sp³-hybridized carbons (Fsp3) is 0.531. The van der Waals surface area contributed by atoms with Gasteiger partial charge in [-0.25, -0.2) is 0 Å². The van der Waals surface area contributed by atoms with Crippen LogP contribution in [0.5, 0.6) is 5.75 Å². The third kappa shape index (κ3) is 11.7. The molecule has 0 aromatic heterocycles. The Morgan fingerprint density at radius 2 is 1.67 bits per heavy atom. The summed E-state index contributed by atoms with van der Waals surface area (Å²) in [5.74, 6) is -4.74. The molecule has 0 aliphatic carbocycles. The van der Waals surface area contributed by atoms with Gasteiger partial charge in [0, 0.05) is 30.7 Å². The van der Waals surface area contributed by atoms with E-state index >= 15 is 0 Å². The van der Waals surface area contributed by atoms with E-state index in [-0.39, 0.29) is 35.7 Å². The third-order valence-electron chi connectivity index (χ3n) is 7.78. The van der Waals surface area contributed by atoms with Crippen LogP contribution in [0.15, 0.2) is 48.5 Å². The smallest absolute Gasteiger partial charge is 0.248 e. The average molecular weight is 711 g/mol. The van der Waals surface area contributed by atoms with Crippen LogP contribution in [-0.2, 0) is 24.0 Å². The second kappa shape index (κ2) is 19.7. The molecular formula is C32H50N6O10S. The molecule has 0 saturated carbocycles. The summed E-state index contributed by atoms with van der Waals surface area (Å²) in [6.07, 6.45) is -7.07. The number of rotatable bonds is 16. The molecule has 1 heterocycles. The molecule has 16 nitrogen and oxygen atoms in total. The van der Waals surface area contributed by atoms with Gasteiger partial charge in [0.1, 0.15) is 42.1 Å². The van der Waals surface area contributed by atoms with E-state index in [1.165, 1.54) is 37.1 Å². The highest BCUT2D eigenvalue weighted by molar-refractivity contribution is 7.80. The van der Waals surface area contributed by atoms with Gasteiger partial charge < -0.3 is 57.0 Å². The Labute approximate surface area is 291 Å². The number of thiol groups is 1. The quantitative estimate of drug-likeness (QED) is 0.0693. The van der Waals surface area contributed by atoms with Crippen molar-refractivity contribution >= 4 is 42.2 Å². The van der Waals surface area contributed by atoms with Gasteiger partial charge in [0.05, 0.1) is 18.6 Å². The van der Waals surface area contributed by atoms with Gasteiger partial charge in [0.2, 0.25) is 29.5 Å². The van der Waals surface area contributed by atoms with Crippen LogP contribution in [0.4, 0.5) is 0 Å². The summed E-state index contributed by atoms with van der Waals surface area (Å²) in [6.45, 7) is 14.6. The number of aliphatic hydroxyl groups is 4. The topological polar surface area (TPSA) is 255 Å². The second-order valence-corrected chi connectivity index (χ2v) is 12.1. The van der Waals surface area contributed by atoms with Crippen LogP contribution >= 0.6 is 12.6 Å². The highest BCUT2D eigenvalue weighted by atomic mass is 32.1. The number of amides is 5. The number of nitrogens with zero attached hydrogens (tertiary/aromatic N) is 2. The Bertz CT molecular complexity index is 1350. The van der Waals surface area contributed by atoms with Crippen LogP contribution in [0.3, 0.4) is 0 Å². The maximum absolute atomic E-state index is 13.8. The van der Waals surface area contributed by atoms with E-state index in [1.807, 2.05) is 0 Å². The van der Waals surface area contributed by atoms with Crippen molar-refractivity contribution in [3.05, 3.63) is 49.2 Å². The molecule has 2 rings (SSSR count). The Hall–Kier alpha value is -4.16. The third-order valence-corrected chi connectivity index (χ3v) is 8.14. The maximum Gasteiger partial charge on any atom is 0.248 e. The first-order valence-corrected chi connectivity index (χ1v) is 16.0. The van der Waals surface area contributed by atoms with Crippen LogP contribution in [0.25, 0.3) is 0 Å². The number of nitrogens with two attached hydrogens (primary N) is 1. The van der Waals surface area contributed by atoms with Gasteiger partial charge in [-0.3, -0.25) is 24.0 Å². The molecule has 1 fully saturated rings. The van der Waals surface area contributed by atoms with Crippen LogP contribution in [0, 0.1) is 0 Å². The SMILES string of the molecule is C=C.C=C(C)NC(C(=O)N1CCCC1C(=O)NC(C(=O)NC(C(=O)N(C)CC)[C@H](O)CC(N)=O)[C@H](O)[C@@H](O)c1ccc(O)c(S)c1)[C@@H](C)O. The summed E-state index contributed by atoms with van der Waals surface area (Å²) in [5.41, 5.74) is 5.60. The summed E-state index contributed by atoms with van der Waals surface area (Å²) >= 11 is 4.10. The van der Waals surface area contributed by atoms with E-state index in [1.54, 1.807) is 13.8 Å². The minimum atomic E-state index is -2.09. The minimum Gasteiger partial charge on any atom is -0.507 e. The van der Waals surface area contributed by atoms with Crippen molar-refractivity contribution in [2.24, 2.45) is 5.73 Å². The lowest BCUT2D eigenvalue weighted by molar-refractivity contribution is -0.145. The van der Waals surface area contributed by atoms with Gasteiger partial charge in [-0.2, -0.15) is 0 Å². The number of carbonyl (C=O) groups is 5. The van der Waals surface area contributed by atoms with Gasteiger partial charge in [0.15, 0.2) is 0 Å². The number of phenolic OH excluding ortho intramolecular Hbond substituents is 1. The first-order valence-electron chi connectivity index (χ1n) is 15.5. The zero-order valence-electron chi connectivity index (χ0n) is 28.2. The fourth-order valence-electron chi connectivity index (χ4n) is 5.08. The molecule has 1 aromatic carbocycles. The summed E-state index contributed by atoms with van der Waals surface area (Å²) < 4.78 is 0. The van der Waals surface area contributed by atoms with Crippen molar-refractivity contribution in [2.45, 2.75) is 93.5 Å². The molecule has 17 heteroatoms. The van der Waals surface area contributed by atoms with E-state index in [9.17, 15) is 49.5 Å². The Morgan fingerprint density at radius 1 is 1.06 bits per heavy atom. The molecule has 0 radical (unpaired) electrons. The number of phenols is 1. The maximum atomic E-state index is 13.8. The molecule has 1 aliphatic heterocycles. The summed E-state index contributed by atoms with van der Waals surface area (Å²) in [5, 5.41) is 60.5. The van der Waals surface area contributed by atoms with E-state index in [0.29, 0.717) is 12.1 Å². The molecular weight excluding hydrogens is 660 g/mol. The molecule has 4 unspecified atom stereocenters. The number of hydrogen-bond donors (Lipinski definition) is 10. The lowest BCUT2D eigenvalue weighted by Crippen LogP contribution is -2.63. The zero-order valence-corrected chi connectivity index (χ0v) is 29.1. The Balaban J connectivity index is 0.00000589. The van der Waals surface area contributed by atoms with Gasteiger partial charge in [-0.15, -0.1) is 25.8 Å². The lowest BCUT2D eigenvalue weighted by Gasteiger charge is -2.33. The molecule has 274 valence electrons. The highest BCUT2D eigenvalue weighted by Gasteiger charge is 2.43. The van der Waals surface area contributed by atoms with Crippen LogP contribution in [0.1, 0.15) is 51.7 Å². The first-order chi connectivity index (χ1) is 22.9.